The van der Waals surface area contributed by atoms with Crippen molar-refractivity contribution in [3.05, 3.63) is 28.0 Å². The van der Waals surface area contributed by atoms with Crippen LogP contribution in [-0.2, 0) is 12.0 Å². The zero-order valence-electron chi connectivity index (χ0n) is 9.81. The van der Waals surface area contributed by atoms with Gasteiger partial charge in [-0.25, -0.2) is 0 Å². The molecule has 2 aliphatic rings. The van der Waals surface area contributed by atoms with Gasteiger partial charge in [-0.1, -0.05) is 19.9 Å². The molecule has 0 fully saturated rings. The lowest BCUT2D eigenvalue weighted by molar-refractivity contribution is 0.522. The van der Waals surface area contributed by atoms with Crippen LogP contribution in [-0.4, -0.2) is 17.7 Å². The topological polar surface area (TPSA) is 17.0 Å². The summed E-state index contributed by atoms with van der Waals surface area (Å²) in [5.74, 6) is 0. The quantitative estimate of drug-likeness (QED) is 0.773. The molecular weight excluding hydrogens is 264 g/mol. The van der Waals surface area contributed by atoms with Gasteiger partial charge >= 0.3 is 0 Å². The summed E-state index contributed by atoms with van der Waals surface area (Å²) >= 11 is 3.73. The summed E-state index contributed by atoms with van der Waals surface area (Å²) in [6, 6.07) is 0. The maximum atomic E-state index is 3.73. The molecule has 1 N–H and O–H groups in total. The lowest BCUT2D eigenvalue weighted by Gasteiger charge is -2.30. The van der Waals surface area contributed by atoms with Gasteiger partial charge in [0.2, 0.25) is 0 Å². The molecule has 0 atom stereocenters. The fourth-order valence-electron chi connectivity index (χ4n) is 2.84. The van der Waals surface area contributed by atoms with Crippen molar-refractivity contribution < 1.29 is 0 Å². The van der Waals surface area contributed by atoms with E-state index >= 15 is 0 Å². The zero-order valence-corrected chi connectivity index (χ0v) is 11.4. The van der Waals surface area contributed by atoms with E-state index in [-0.39, 0.29) is 5.41 Å². The van der Waals surface area contributed by atoms with Gasteiger partial charge in [0.15, 0.2) is 0 Å². The van der Waals surface area contributed by atoms with Crippen LogP contribution in [0.1, 0.15) is 31.5 Å². The lowest BCUT2D eigenvalue weighted by atomic mass is 9.76. The maximum absolute atomic E-state index is 3.73. The monoisotopic (exact) mass is 280 g/mol. The molecule has 0 amide bonds. The van der Waals surface area contributed by atoms with Crippen LogP contribution in [0.5, 0.6) is 0 Å². The number of aromatic nitrogens is 1. The average Bonchev–Trinajstić information content (AvgIpc) is 2.42. The first-order valence-corrected chi connectivity index (χ1v) is 6.68. The molecule has 2 heterocycles. The standard InChI is InChI=1S/C13H17BrN2/c1-13(2)4-3-9-7-15-5-6-16-8-10(14)11(13)12(9)16/h3,8,15H,4-7H2,1-2H3. The summed E-state index contributed by atoms with van der Waals surface area (Å²) in [6.07, 6.45) is 5.79. The van der Waals surface area contributed by atoms with Gasteiger partial charge in [0.05, 0.1) is 0 Å². The van der Waals surface area contributed by atoms with E-state index in [2.05, 4.69) is 51.9 Å². The molecule has 16 heavy (non-hydrogen) atoms. The molecule has 0 aromatic carbocycles. The SMILES string of the molecule is CC1(C)CC=C2CNCCn3cc(Br)c1c32. The van der Waals surface area contributed by atoms with Gasteiger partial charge in [-0.3, -0.25) is 0 Å². The van der Waals surface area contributed by atoms with Crippen LogP contribution in [0.15, 0.2) is 16.7 Å². The summed E-state index contributed by atoms with van der Waals surface area (Å²) in [7, 11) is 0. The third-order valence-electron chi connectivity index (χ3n) is 3.72. The van der Waals surface area contributed by atoms with Crippen LogP contribution in [0.4, 0.5) is 0 Å². The first kappa shape index (κ1) is 10.6. The molecule has 1 aromatic heterocycles. The second-order valence-corrected chi connectivity index (χ2v) is 6.24. The van der Waals surface area contributed by atoms with E-state index < -0.39 is 0 Å². The van der Waals surface area contributed by atoms with Gasteiger partial charge in [-0.2, -0.15) is 0 Å². The number of nitrogens with one attached hydrogen (secondary N) is 1. The molecule has 1 aliphatic heterocycles. The number of rotatable bonds is 0. The second kappa shape index (κ2) is 3.47. The molecule has 1 aliphatic carbocycles. The normalized spacial score (nSPS) is 22.3. The van der Waals surface area contributed by atoms with Crippen LogP contribution in [0, 0.1) is 0 Å². The van der Waals surface area contributed by atoms with Gasteiger partial charge < -0.3 is 9.88 Å². The number of hydrogen-bond donors (Lipinski definition) is 1. The molecule has 0 radical (unpaired) electrons. The highest BCUT2D eigenvalue weighted by atomic mass is 79.9. The molecule has 1 aromatic rings. The van der Waals surface area contributed by atoms with Crippen LogP contribution in [0.25, 0.3) is 5.57 Å². The summed E-state index contributed by atoms with van der Waals surface area (Å²) in [4.78, 5) is 0. The molecule has 0 bridgehead atoms. The third kappa shape index (κ3) is 1.41. The Morgan fingerprint density at radius 3 is 3.06 bits per heavy atom. The Bertz CT molecular complexity index is 469. The largest absolute Gasteiger partial charge is 0.345 e. The van der Waals surface area contributed by atoms with Crippen LogP contribution in [0.3, 0.4) is 0 Å². The minimum Gasteiger partial charge on any atom is -0.345 e. The summed E-state index contributed by atoms with van der Waals surface area (Å²) < 4.78 is 3.67. The average molecular weight is 281 g/mol. The molecule has 0 saturated heterocycles. The van der Waals surface area contributed by atoms with Gasteiger partial charge in [0.25, 0.3) is 0 Å². The minimum atomic E-state index is 0.257. The lowest BCUT2D eigenvalue weighted by Crippen LogP contribution is -2.23. The van der Waals surface area contributed by atoms with Gasteiger partial charge in [0.1, 0.15) is 0 Å². The Morgan fingerprint density at radius 2 is 2.25 bits per heavy atom. The molecule has 3 rings (SSSR count). The van der Waals surface area contributed by atoms with Crippen molar-refractivity contribution in [3.63, 3.8) is 0 Å². The predicted octanol–water partition coefficient (Wildman–Crippen LogP) is 2.92. The summed E-state index contributed by atoms with van der Waals surface area (Å²) in [5.41, 5.74) is 4.67. The van der Waals surface area contributed by atoms with Gasteiger partial charge in [0, 0.05) is 36.0 Å². The predicted molar refractivity (Wildman–Crippen MR) is 70.6 cm³/mol. The Morgan fingerprint density at radius 1 is 1.44 bits per heavy atom. The van der Waals surface area contributed by atoms with Crippen LogP contribution >= 0.6 is 15.9 Å². The molecule has 2 nitrogen and oxygen atoms in total. The number of halogens is 1. The van der Waals surface area contributed by atoms with Crippen LogP contribution in [0.2, 0.25) is 0 Å². The van der Waals surface area contributed by atoms with Crippen molar-refractivity contribution in [1.82, 2.24) is 9.88 Å². The van der Waals surface area contributed by atoms with E-state index in [1.165, 1.54) is 21.3 Å². The van der Waals surface area contributed by atoms with E-state index in [1.54, 1.807) is 0 Å². The van der Waals surface area contributed by atoms with E-state index in [1.807, 2.05) is 0 Å². The Kier molecular flexibility index (Phi) is 2.30. The first-order chi connectivity index (χ1) is 7.59. The molecule has 0 saturated carbocycles. The molecule has 0 spiro atoms. The van der Waals surface area contributed by atoms with Gasteiger partial charge in [-0.15, -0.1) is 0 Å². The number of hydrogen-bond acceptors (Lipinski definition) is 1. The number of allylic oxidation sites excluding steroid dienone is 1. The summed E-state index contributed by atoms with van der Waals surface area (Å²) in [6.45, 7) is 7.81. The highest BCUT2D eigenvalue weighted by molar-refractivity contribution is 9.10. The Balaban J connectivity index is 2.27. The Labute approximate surface area is 105 Å². The first-order valence-electron chi connectivity index (χ1n) is 5.89. The van der Waals surface area contributed by atoms with E-state index in [0.29, 0.717) is 0 Å². The highest BCUT2D eigenvalue weighted by Gasteiger charge is 2.33. The van der Waals surface area contributed by atoms with Crippen molar-refractivity contribution in [2.45, 2.75) is 32.2 Å². The smallest absolute Gasteiger partial charge is 0.0499 e. The van der Waals surface area contributed by atoms with Crippen molar-refractivity contribution in [2.24, 2.45) is 0 Å². The van der Waals surface area contributed by atoms with Crippen LogP contribution < -0.4 is 5.32 Å². The van der Waals surface area contributed by atoms with Crippen molar-refractivity contribution in [1.29, 1.82) is 0 Å². The molecule has 86 valence electrons. The molecule has 3 heteroatoms. The van der Waals surface area contributed by atoms with E-state index in [4.69, 9.17) is 0 Å². The van der Waals surface area contributed by atoms with Crippen molar-refractivity contribution >= 4 is 21.5 Å². The second-order valence-electron chi connectivity index (χ2n) is 5.39. The highest BCUT2D eigenvalue weighted by Crippen LogP contribution is 2.44. The molecular formula is C13H17BrN2. The van der Waals surface area contributed by atoms with Crippen molar-refractivity contribution in [3.8, 4) is 0 Å². The van der Waals surface area contributed by atoms with E-state index in [0.717, 1.165) is 26.1 Å². The fourth-order valence-corrected chi connectivity index (χ4v) is 3.81. The minimum absolute atomic E-state index is 0.257. The summed E-state index contributed by atoms with van der Waals surface area (Å²) in [5, 5.41) is 3.48. The Hall–Kier alpha value is -0.540. The number of nitrogens with zero attached hydrogens (tertiary/aromatic N) is 1. The fraction of sp³-hybridized carbons (Fsp3) is 0.538. The maximum Gasteiger partial charge on any atom is 0.0499 e. The third-order valence-corrected chi connectivity index (χ3v) is 4.32. The molecule has 0 unspecified atom stereocenters. The van der Waals surface area contributed by atoms with E-state index in [9.17, 15) is 0 Å². The van der Waals surface area contributed by atoms with Gasteiger partial charge in [-0.05, 0) is 38.9 Å². The van der Waals surface area contributed by atoms with Crippen molar-refractivity contribution in [2.75, 3.05) is 13.1 Å². The zero-order chi connectivity index (χ0) is 11.3.